The van der Waals surface area contributed by atoms with Crippen molar-refractivity contribution in [2.75, 3.05) is 19.8 Å². The molecule has 2 aliphatic heterocycles. The third kappa shape index (κ3) is 26.2. The highest BCUT2D eigenvalue weighted by Gasteiger charge is 2.51. The molecule has 12 atom stereocenters. The first-order chi connectivity index (χ1) is 33.1. The molecular weight excluding hydrogens is 871 g/mol. The maximum atomic E-state index is 13.2. The van der Waals surface area contributed by atoms with Crippen LogP contribution in [0.1, 0.15) is 142 Å². The van der Waals surface area contributed by atoms with Crippen molar-refractivity contribution in [1.29, 1.82) is 0 Å². The van der Waals surface area contributed by atoms with Crippen molar-refractivity contribution in [3.63, 3.8) is 0 Å². The second-order valence-electron chi connectivity index (χ2n) is 17.5. The topological polar surface area (TPSA) is 228 Å². The van der Waals surface area contributed by atoms with Crippen LogP contribution in [0.25, 0.3) is 0 Å². The van der Waals surface area contributed by atoms with E-state index < -0.39 is 86.8 Å². The Morgan fingerprint density at radius 1 is 0.544 bits per heavy atom. The molecule has 2 rings (SSSR count). The van der Waals surface area contributed by atoms with Crippen molar-refractivity contribution >= 4 is 5.91 Å². The molecule has 0 bridgehead atoms. The molecule has 0 radical (unpaired) electrons. The van der Waals surface area contributed by atoms with Gasteiger partial charge in [0.15, 0.2) is 12.6 Å². The molecule has 2 fully saturated rings. The van der Waals surface area contributed by atoms with E-state index in [-0.39, 0.29) is 18.9 Å². The van der Waals surface area contributed by atoms with E-state index in [0.29, 0.717) is 12.8 Å². The van der Waals surface area contributed by atoms with E-state index in [4.69, 9.17) is 18.9 Å². The van der Waals surface area contributed by atoms with Crippen LogP contribution in [0.5, 0.6) is 0 Å². The van der Waals surface area contributed by atoms with E-state index in [1.165, 1.54) is 32.1 Å². The number of hydrogen-bond donors (Lipinski definition) is 9. The first-order valence-corrected chi connectivity index (χ1v) is 25.5. The van der Waals surface area contributed by atoms with Crippen molar-refractivity contribution in [3.8, 4) is 0 Å². The van der Waals surface area contributed by atoms with Gasteiger partial charge >= 0.3 is 0 Å². The smallest absolute Gasteiger partial charge is 0.220 e. The van der Waals surface area contributed by atoms with Crippen molar-refractivity contribution in [3.05, 3.63) is 97.2 Å². The van der Waals surface area contributed by atoms with Crippen molar-refractivity contribution in [2.45, 2.75) is 216 Å². The van der Waals surface area contributed by atoms with E-state index in [1.54, 1.807) is 6.08 Å². The molecule has 0 aliphatic carbocycles. The average Bonchev–Trinajstić information content (AvgIpc) is 3.34. The summed E-state index contributed by atoms with van der Waals surface area (Å²) in [5.41, 5.74) is 0. The minimum atomic E-state index is -1.80. The summed E-state index contributed by atoms with van der Waals surface area (Å²) in [6.07, 6.45) is 35.8. The van der Waals surface area contributed by atoms with Crippen LogP contribution in [0, 0.1) is 0 Å². The van der Waals surface area contributed by atoms with Gasteiger partial charge in [0.05, 0.1) is 32.0 Å². The summed E-state index contributed by atoms with van der Waals surface area (Å²) in [5.74, 6) is -0.291. The number of amides is 1. The lowest BCUT2D eigenvalue weighted by molar-refractivity contribution is -0.359. The number of carbonyl (C=O) groups excluding carboxylic acids is 1. The summed E-state index contributed by atoms with van der Waals surface area (Å²) in [4.78, 5) is 13.2. The lowest BCUT2D eigenvalue weighted by atomic mass is 9.97. The largest absolute Gasteiger partial charge is 0.394 e. The summed E-state index contributed by atoms with van der Waals surface area (Å²) in [5, 5.41) is 86.7. The predicted molar refractivity (Wildman–Crippen MR) is 267 cm³/mol. The van der Waals surface area contributed by atoms with Gasteiger partial charge in [-0.3, -0.25) is 4.79 Å². The highest BCUT2D eigenvalue weighted by Crippen LogP contribution is 2.30. The SMILES string of the molecule is CC/C=C\C/C=C\C/C=C\C/C=C\C/C=C\CCCCCC(=O)NC(COC1OC(CO)C(OC2OC(CO)C(O)C(O)C2O)C(O)C1O)C(O)/C=C/CC/C=C/CC/C=C/CCCCCCC. The summed E-state index contributed by atoms with van der Waals surface area (Å²) in [6, 6.07) is -0.961. The molecule has 0 aromatic carbocycles. The Balaban J connectivity index is 1.89. The lowest BCUT2D eigenvalue weighted by Crippen LogP contribution is -2.65. The van der Waals surface area contributed by atoms with Crippen LogP contribution in [0.2, 0.25) is 0 Å². The van der Waals surface area contributed by atoms with E-state index in [0.717, 1.165) is 77.0 Å². The van der Waals surface area contributed by atoms with Crippen LogP contribution in [0.4, 0.5) is 0 Å². The summed E-state index contributed by atoms with van der Waals surface area (Å²) < 4.78 is 22.6. The first kappa shape index (κ1) is 61.0. The van der Waals surface area contributed by atoms with Gasteiger partial charge in [0, 0.05) is 6.42 Å². The van der Waals surface area contributed by atoms with Crippen molar-refractivity contribution in [1.82, 2.24) is 5.32 Å². The maximum Gasteiger partial charge on any atom is 0.220 e. The monoisotopic (exact) mass is 960 g/mol. The van der Waals surface area contributed by atoms with Gasteiger partial charge < -0.3 is 65.1 Å². The van der Waals surface area contributed by atoms with E-state index in [1.807, 2.05) is 6.08 Å². The molecule has 0 aromatic rings. The molecule has 0 spiro atoms. The fourth-order valence-electron chi connectivity index (χ4n) is 7.58. The minimum Gasteiger partial charge on any atom is -0.394 e. The number of ether oxygens (including phenoxy) is 4. The number of rotatable bonds is 37. The van der Waals surface area contributed by atoms with Gasteiger partial charge in [-0.25, -0.2) is 0 Å². The van der Waals surface area contributed by atoms with Gasteiger partial charge in [-0.2, -0.15) is 0 Å². The maximum absolute atomic E-state index is 13.2. The van der Waals surface area contributed by atoms with Gasteiger partial charge in [-0.15, -0.1) is 0 Å². The van der Waals surface area contributed by atoms with Crippen LogP contribution < -0.4 is 5.32 Å². The molecule has 12 unspecified atom stereocenters. The first-order valence-electron chi connectivity index (χ1n) is 25.5. The van der Waals surface area contributed by atoms with Crippen LogP contribution in [0.15, 0.2) is 97.2 Å². The number of allylic oxidation sites excluding steroid dienone is 15. The number of aliphatic hydroxyl groups excluding tert-OH is 8. The third-order valence-electron chi connectivity index (χ3n) is 11.7. The molecule has 2 heterocycles. The van der Waals surface area contributed by atoms with Gasteiger partial charge in [-0.1, -0.05) is 143 Å². The molecular formula is C54H89NO13. The molecule has 14 heteroatoms. The highest BCUT2D eigenvalue weighted by molar-refractivity contribution is 5.76. The van der Waals surface area contributed by atoms with E-state index >= 15 is 0 Å². The second kappa shape index (κ2) is 39.6. The van der Waals surface area contributed by atoms with Crippen LogP contribution in [0.3, 0.4) is 0 Å². The number of hydrogen-bond acceptors (Lipinski definition) is 13. The van der Waals surface area contributed by atoms with E-state index in [9.17, 15) is 45.6 Å². The summed E-state index contributed by atoms with van der Waals surface area (Å²) in [6.45, 7) is 2.58. The molecule has 2 aliphatic rings. The molecule has 1 amide bonds. The van der Waals surface area contributed by atoms with Gasteiger partial charge in [-0.05, 0) is 89.9 Å². The van der Waals surface area contributed by atoms with Gasteiger partial charge in [0.25, 0.3) is 0 Å². The Morgan fingerprint density at radius 3 is 1.60 bits per heavy atom. The Hall–Kier alpha value is -3.09. The van der Waals surface area contributed by atoms with E-state index in [2.05, 4.69) is 104 Å². The minimum absolute atomic E-state index is 0.225. The summed E-state index contributed by atoms with van der Waals surface area (Å²) >= 11 is 0. The molecule has 2 saturated heterocycles. The molecule has 0 saturated carbocycles. The molecule has 0 aromatic heterocycles. The number of unbranched alkanes of at least 4 members (excludes halogenated alkanes) is 10. The Morgan fingerprint density at radius 2 is 1.03 bits per heavy atom. The Kier molecular flexibility index (Phi) is 35.6. The fraction of sp³-hybridized carbons (Fsp3) is 0.685. The molecule has 68 heavy (non-hydrogen) atoms. The standard InChI is InChI=1S/C54H89NO13/c1-3-5-7-9-11-13-15-17-19-20-21-22-24-26-28-30-32-34-36-38-46(59)55-42(43(58)37-35-33-31-29-27-25-23-18-16-14-12-10-8-6-4-2)41-65-53-51(64)49(62)52(45(40-57)67-53)68-54-50(63)48(61)47(60)44(39-56)66-54/h5,7,11,13,16-19,21-22,26-29,35,37,42-45,47-54,56-58,60-64H,3-4,6,8-10,12,14-15,20,23-25,30-34,36,38-41H2,1-2H3,(H,55,59)/b7-5-,13-11-,18-16+,19-17-,22-21-,28-26-,29-27+,37-35+. The lowest BCUT2D eigenvalue weighted by Gasteiger charge is -2.46. The zero-order valence-electron chi connectivity index (χ0n) is 41.0. The number of nitrogens with one attached hydrogen (secondary N) is 1. The van der Waals surface area contributed by atoms with Gasteiger partial charge in [0.2, 0.25) is 5.91 Å². The highest BCUT2D eigenvalue weighted by atomic mass is 16.7. The third-order valence-corrected chi connectivity index (χ3v) is 11.7. The van der Waals surface area contributed by atoms with Crippen molar-refractivity contribution < 1.29 is 64.6 Å². The summed E-state index contributed by atoms with van der Waals surface area (Å²) in [7, 11) is 0. The molecule has 388 valence electrons. The second-order valence-corrected chi connectivity index (χ2v) is 17.5. The molecule has 9 N–H and O–H groups in total. The zero-order chi connectivity index (χ0) is 49.6. The Labute approximate surface area is 407 Å². The average molecular weight is 960 g/mol. The number of carbonyl (C=O) groups is 1. The number of aliphatic hydroxyl groups is 8. The van der Waals surface area contributed by atoms with Crippen LogP contribution >= 0.6 is 0 Å². The zero-order valence-corrected chi connectivity index (χ0v) is 41.0. The van der Waals surface area contributed by atoms with Crippen LogP contribution in [-0.4, -0.2) is 140 Å². The molecule has 14 nitrogen and oxygen atoms in total. The fourth-order valence-corrected chi connectivity index (χ4v) is 7.58. The van der Waals surface area contributed by atoms with Crippen LogP contribution in [-0.2, 0) is 23.7 Å². The predicted octanol–water partition coefficient (Wildman–Crippen LogP) is 6.76. The Bertz CT molecular complexity index is 1510. The van der Waals surface area contributed by atoms with Crippen molar-refractivity contribution in [2.24, 2.45) is 0 Å². The van der Waals surface area contributed by atoms with Gasteiger partial charge in [0.1, 0.15) is 48.8 Å². The quantitative estimate of drug-likeness (QED) is 0.0232. The normalized spacial score (nSPS) is 27.2.